The zero-order chi connectivity index (χ0) is 24.7. The highest BCUT2D eigenvalue weighted by Gasteiger charge is 2.39. The van der Waals surface area contributed by atoms with Gasteiger partial charge in [-0.2, -0.15) is 0 Å². The van der Waals surface area contributed by atoms with Crippen LogP contribution < -0.4 is 15.4 Å². The largest absolute Gasteiger partial charge is 0.492 e. The molecule has 5 rings (SSSR count). The second-order valence-electron chi connectivity index (χ2n) is 9.66. The Kier molecular flexibility index (Phi) is 7.76. The minimum atomic E-state index is -0.177. The van der Waals surface area contributed by atoms with E-state index in [2.05, 4.69) is 55.3 Å². The summed E-state index contributed by atoms with van der Waals surface area (Å²) in [5.74, 6) is 1.60. The van der Waals surface area contributed by atoms with Crippen LogP contribution in [0.3, 0.4) is 0 Å². The van der Waals surface area contributed by atoms with Crippen molar-refractivity contribution in [1.82, 2.24) is 30.4 Å². The Labute approximate surface area is 212 Å². The van der Waals surface area contributed by atoms with Gasteiger partial charge in [0.1, 0.15) is 5.75 Å². The van der Waals surface area contributed by atoms with Crippen LogP contribution in [0.15, 0.2) is 54.6 Å². The predicted molar refractivity (Wildman–Crippen MR) is 138 cm³/mol. The van der Waals surface area contributed by atoms with Gasteiger partial charge in [0, 0.05) is 24.7 Å². The zero-order valence-electron chi connectivity index (χ0n) is 20.8. The number of nitrogens with one attached hydrogen (secondary N) is 2. The molecule has 2 aliphatic heterocycles. The van der Waals surface area contributed by atoms with E-state index in [0.717, 1.165) is 51.0 Å². The van der Waals surface area contributed by atoms with Crippen molar-refractivity contribution in [2.45, 2.75) is 76.7 Å². The van der Waals surface area contributed by atoms with Gasteiger partial charge >= 0.3 is 6.03 Å². The third-order valence-corrected chi connectivity index (χ3v) is 7.28. The summed E-state index contributed by atoms with van der Waals surface area (Å²) in [6.45, 7) is 4.00. The lowest BCUT2D eigenvalue weighted by Gasteiger charge is -2.48. The van der Waals surface area contributed by atoms with Crippen LogP contribution in [-0.4, -0.2) is 55.9 Å². The number of piperidine rings is 2. The average Bonchev–Trinajstić information content (AvgIpc) is 3.32. The molecule has 0 radical (unpaired) electrons. The van der Waals surface area contributed by atoms with Crippen molar-refractivity contribution in [3.8, 4) is 5.75 Å². The molecule has 36 heavy (non-hydrogen) atoms. The molecule has 2 fully saturated rings. The molecule has 2 aromatic carbocycles. The molecule has 1 unspecified atom stereocenters. The highest BCUT2D eigenvalue weighted by Crippen LogP contribution is 2.35. The number of urea groups is 1. The number of nitrogens with zero attached hydrogens (tertiary/aromatic N) is 5. The number of anilines is 1. The third-order valence-electron chi connectivity index (χ3n) is 7.28. The van der Waals surface area contributed by atoms with Crippen molar-refractivity contribution in [2.24, 2.45) is 0 Å². The number of aromatic nitrogens is 4. The molecule has 2 amide bonds. The Morgan fingerprint density at radius 2 is 1.81 bits per heavy atom. The van der Waals surface area contributed by atoms with Gasteiger partial charge < -0.3 is 15.4 Å². The van der Waals surface area contributed by atoms with Gasteiger partial charge in [-0.1, -0.05) is 48.9 Å². The lowest BCUT2D eigenvalue weighted by molar-refractivity contribution is 0.0169. The van der Waals surface area contributed by atoms with Crippen molar-refractivity contribution >= 4 is 11.7 Å². The van der Waals surface area contributed by atoms with E-state index in [0.29, 0.717) is 30.1 Å². The maximum Gasteiger partial charge on any atom is 0.319 e. The summed E-state index contributed by atoms with van der Waals surface area (Å²) in [6.07, 6.45) is 6.26. The molecule has 9 heteroatoms. The number of para-hydroxylation sites is 2. The molecule has 2 N–H and O–H groups in total. The lowest BCUT2D eigenvalue weighted by atomic mass is 9.81. The van der Waals surface area contributed by atoms with Crippen molar-refractivity contribution in [3.05, 3.63) is 66.0 Å². The number of benzene rings is 2. The van der Waals surface area contributed by atoms with E-state index < -0.39 is 0 Å². The molecule has 2 bridgehead atoms. The SMILES string of the molecule is CCOc1ccccc1NC(=O)NC1C[C@H]2CCC[C@@H](C1)N2Cc1nnnn1CCc1ccccc1. The molecule has 2 aliphatic rings. The summed E-state index contributed by atoms with van der Waals surface area (Å²) in [7, 11) is 0. The fourth-order valence-electron chi connectivity index (χ4n) is 5.60. The van der Waals surface area contributed by atoms with E-state index >= 15 is 0 Å². The van der Waals surface area contributed by atoms with Gasteiger partial charge in [-0.15, -0.1) is 5.10 Å². The van der Waals surface area contributed by atoms with Crippen LogP contribution >= 0.6 is 0 Å². The van der Waals surface area contributed by atoms with Gasteiger partial charge in [0.05, 0.1) is 18.8 Å². The van der Waals surface area contributed by atoms with E-state index in [1.807, 2.05) is 41.9 Å². The zero-order valence-corrected chi connectivity index (χ0v) is 20.8. The van der Waals surface area contributed by atoms with Crippen molar-refractivity contribution in [2.75, 3.05) is 11.9 Å². The summed E-state index contributed by atoms with van der Waals surface area (Å²) >= 11 is 0. The molecule has 3 atom stereocenters. The maximum atomic E-state index is 12.8. The molecule has 0 spiro atoms. The highest BCUT2D eigenvalue weighted by molar-refractivity contribution is 5.91. The predicted octanol–water partition coefficient (Wildman–Crippen LogP) is 4.02. The Morgan fingerprint density at radius 3 is 2.58 bits per heavy atom. The number of hydrogen-bond acceptors (Lipinski definition) is 6. The second-order valence-corrected chi connectivity index (χ2v) is 9.66. The molecular formula is C27H35N7O2. The number of hydrogen-bond donors (Lipinski definition) is 2. The first-order valence-electron chi connectivity index (χ1n) is 13.0. The quantitative estimate of drug-likeness (QED) is 0.471. The summed E-state index contributed by atoms with van der Waals surface area (Å²) in [6, 6.07) is 18.8. The van der Waals surface area contributed by atoms with Gasteiger partial charge in [0.15, 0.2) is 5.82 Å². The van der Waals surface area contributed by atoms with Gasteiger partial charge in [-0.25, -0.2) is 9.48 Å². The summed E-state index contributed by atoms with van der Waals surface area (Å²) in [5.41, 5.74) is 1.97. The number of tetrazole rings is 1. The average molecular weight is 490 g/mol. The molecule has 9 nitrogen and oxygen atoms in total. The number of carbonyl (C=O) groups excluding carboxylic acids is 1. The Balaban J connectivity index is 1.18. The van der Waals surface area contributed by atoms with Crippen molar-refractivity contribution < 1.29 is 9.53 Å². The molecule has 1 aromatic heterocycles. The Hall–Kier alpha value is -3.46. The molecule has 190 valence electrons. The normalized spacial score (nSPS) is 21.6. The maximum absolute atomic E-state index is 12.8. The van der Waals surface area contributed by atoms with Gasteiger partial charge in [-0.3, -0.25) is 4.90 Å². The number of amides is 2. The highest BCUT2D eigenvalue weighted by atomic mass is 16.5. The molecule has 0 saturated carbocycles. The first-order chi connectivity index (χ1) is 17.7. The first-order valence-corrected chi connectivity index (χ1v) is 13.0. The standard InChI is InChI=1S/C27H35N7O2/c1-2-36-25-14-7-6-13-24(25)29-27(35)28-21-17-22-11-8-12-23(18-21)33(22)19-26-30-31-32-34(26)16-15-20-9-4-3-5-10-20/h3-7,9-10,13-14,21-23H,2,8,11-12,15-19H2,1H3,(H2,28,29,35)/t21?,22-,23+. The second kappa shape index (κ2) is 11.5. The van der Waals surface area contributed by atoms with Crippen LogP contribution in [-0.2, 0) is 19.5 Å². The van der Waals surface area contributed by atoms with E-state index in [1.165, 1.54) is 12.0 Å². The number of aryl methyl sites for hydroxylation is 2. The third kappa shape index (κ3) is 5.84. The van der Waals surface area contributed by atoms with Crippen molar-refractivity contribution in [3.63, 3.8) is 0 Å². The van der Waals surface area contributed by atoms with E-state index in [9.17, 15) is 4.79 Å². The molecule has 0 aliphatic carbocycles. The molecule has 2 saturated heterocycles. The summed E-state index contributed by atoms with van der Waals surface area (Å²) in [5, 5.41) is 18.8. The summed E-state index contributed by atoms with van der Waals surface area (Å²) in [4.78, 5) is 15.4. The number of fused-ring (bicyclic) bond motifs is 2. The van der Waals surface area contributed by atoms with Crippen LogP contribution in [0.2, 0.25) is 0 Å². The number of rotatable bonds is 9. The van der Waals surface area contributed by atoms with E-state index in [1.54, 1.807) is 0 Å². The van der Waals surface area contributed by atoms with Crippen molar-refractivity contribution in [1.29, 1.82) is 0 Å². The number of carbonyl (C=O) groups is 1. The molecule has 3 aromatic rings. The van der Waals surface area contributed by atoms with Crippen LogP contribution in [0, 0.1) is 0 Å². The first kappa shape index (κ1) is 24.2. The smallest absolute Gasteiger partial charge is 0.319 e. The summed E-state index contributed by atoms with van der Waals surface area (Å²) < 4.78 is 7.58. The van der Waals surface area contributed by atoms with Crippen LogP contribution in [0.5, 0.6) is 5.75 Å². The minimum absolute atomic E-state index is 0.143. The van der Waals surface area contributed by atoms with Gasteiger partial charge in [0.25, 0.3) is 0 Å². The van der Waals surface area contributed by atoms with Crippen LogP contribution in [0.4, 0.5) is 10.5 Å². The topological polar surface area (TPSA) is 97.2 Å². The Morgan fingerprint density at radius 1 is 1.06 bits per heavy atom. The minimum Gasteiger partial charge on any atom is -0.492 e. The molecule has 3 heterocycles. The Bertz CT molecular complexity index is 1120. The number of ether oxygens (including phenoxy) is 1. The van der Waals surface area contributed by atoms with E-state index in [-0.39, 0.29) is 12.1 Å². The van der Waals surface area contributed by atoms with Crippen LogP contribution in [0.25, 0.3) is 0 Å². The van der Waals surface area contributed by atoms with Gasteiger partial charge in [-0.05, 0) is 67.2 Å². The van der Waals surface area contributed by atoms with Crippen LogP contribution in [0.1, 0.15) is 50.4 Å². The molecular weight excluding hydrogens is 454 g/mol. The lowest BCUT2D eigenvalue weighted by Crippen LogP contribution is -2.57. The van der Waals surface area contributed by atoms with E-state index in [4.69, 9.17) is 4.74 Å². The fraction of sp³-hybridized carbons (Fsp3) is 0.481. The fourth-order valence-corrected chi connectivity index (χ4v) is 5.60. The monoisotopic (exact) mass is 489 g/mol. The van der Waals surface area contributed by atoms with Gasteiger partial charge in [0.2, 0.25) is 0 Å².